The number of Topliss-reactive ketones (excluding diaryl/α,β-unsaturated/α-hetero) is 4. The first-order valence-corrected chi connectivity index (χ1v) is 39.7. The molecule has 0 spiro atoms. The fraction of sp³-hybridized carbons (Fsp3) is 0.351. The Bertz CT molecular complexity index is 4510. The Hall–Kier alpha value is -10.7. The van der Waals surface area contributed by atoms with E-state index in [1.807, 2.05) is 73.7 Å². The number of nitro groups is 2. The van der Waals surface area contributed by atoms with Crippen molar-refractivity contribution in [3.05, 3.63) is 319 Å². The summed E-state index contributed by atoms with van der Waals surface area (Å²) >= 11 is 0. The van der Waals surface area contributed by atoms with Crippen molar-refractivity contribution in [1.29, 1.82) is 0 Å². The number of nitrogens with zero attached hydrogens (tertiary/aromatic N) is 6. The van der Waals surface area contributed by atoms with E-state index in [-0.39, 0.29) is 34.5 Å². The molecule has 4 fully saturated rings. The van der Waals surface area contributed by atoms with E-state index in [1.165, 1.54) is 130 Å². The molecule has 4 aliphatic rings. The van der Waals surface area contributed by atoms with Gasteiger partial charge in [0, 0.05) is 121 Å². The molecule has 0 bridgehead atoms. The fourth-order valence-electron chi connectivity index (χ4n) is 15.0. The Morgan fingerprint density at radius 2 is 0.786 bits per heavy atom. The van der Waals surface area contributed by atoms with Gasteiger partial charge in [-0.1, -0.05) is 188 Å². The molecule has 0 unspecified atom stereocenters. The topological polar surface area (TPSA) is 247 Å². The van der Waals surface area contributed by atoms with Crippen LogP contribution in [0.25, 0.3) is 10.9 Å². The molecule has 5 heterocycles. The number of non-ortho nitro benzene ring substituents is 2. The molecule has 0 radical (unpaired) electrons. The van der Waals surface area contributed by atoms with Crippen LogP contribution >= 0.6 is 0 Å². The first-order valence-electron chi connectivity index (χ1n) is 39.7. The molecular formula is C94H111N9O9. The average molecular weight is 1510 g/mol. The highest BCUT2D eigenvalue weighted by Crippen LogP contribution is 2.30. The number of para-hydroxylation sites is 1. The number of piperidine rings is 4. The molecule has 0 saturated carbocycles. The number of aliphatic hydroxyl groups excluding tert-OH is 1. The molecule has 586 valence electrons. The molecular weight excluding hydrogens is 1400 g/mol. The third-order valence-corrected chi connectivity index (χ3v) is 21.4. The average Bonchev–Trinajstić information content (AvgIpc) is 0.806. The third-order valence-electron chi connectivity index (χ3n) is 21.4. The summed E-state index contributed by atoms with van der Waals surface area (Å²) < 4.78 is 0. The number of hydrogen-bond donors (Lipinski definition) is 4. The summed E-state index contributed by atoms with van der Waals surface area (Å²) in [5, 5.41) is 36.1. The number of carbonyl (C=O) groups excluding carboxylic acids is 4. The van der Waals surface area contributed by atoms with Crippen molar-refractivity contribution >= 4 is 62.5 Å². The van der Waals surface area contributed by atoms with Crippen LogP contribution in [0.15, 0.2) is 249 Å². The molecule has 18 heteroatoms. The number of hydrogen-bond acceptors (Lipinski definition) is 16. The number of nitrogens with two attached hydrogens (primary N) is 1. The van der Waals surface area contributed by atoms with Gasteiger partial charge in [0.05, 0.1) is 15.4 Å². The van der Waals surface area contributed by atoms with E-state index < -0.39 is 9.85 Å². The summed E-state index contributed by atoms with van der Waals surface area (Å²) in [5.74, 6) is 3.33. The maximum absolute atomic E-state index is 13.0. The number of aryl methyl sites for hydroxylation is 1. The van der Waals surface area contributed by atoms with E-state index in [1.54, 1.807) is 24.3 Å². The van der Waals surface area contributed by atoms with Crippen molar-refractivity contribution in [1.82, 2.24) is 25.0 Å². The van der Waals surface area contributed by atoms with Crippen LogP contribution in [0.2, 0.25) is 0 Å². The second-order valence-electron chi connectivity index (χ2n) is 29.7. The normalized spacial score (nSPS) is 15.0. The van der Waals surface area contributed by atoms with E-state index in [0.29, 0.717) is 42.0 Å². The number of likely N-dealkylation sites (tertiary alicyclic amines) is 3. The Balaban J connectivity index is 0.000000168. The summed E-state index contributed by atoms with van der Waals surface area (Å²) in [6.07, 6.45) is 16.1. The molecule has 0 aliphatic carbocycles. The minimum absolute atomic E-state index is 0.0277. The lowest BCUT2D eigenvalue weighted by Gasteiger charge is -2.31. The number of fused-ring (bicyclic) bond motifs is 1. The van der Waals surface area contributed by atoms with Gasteiger partial charge in [0.1, 0.15) is 0 Å². The van der Waals surface area contributed by atoms with Gasteiger partial charge >= 0.3 is 0 Å². The summed E-state index contributed by atoms with van der Waals surface area (Å²) in [7, 11) is 1.00. The van der Waals surface area contributed by atoms with Crippen LogP contribution in [0.5, 0.6) is 0 Å². The lowest BCUT2D eigenvalue weighted by Crippen LogP contribution is -2.35. The lowest BCUT2D eigenvalue weighted by atomic mass is 9.90. The van der Waals surface area contributed by atoms with Gasteiger partial charge in [-0.05, 0) is 226 Å². The van der Waals surface area contributed by atoms with Crippen LogP contribution in [0.1, 0.15) is 147 Å². The van der Waals surface area contributed by atoms with Gasteiger partial charge in [0.15, 0.2) is 23.1 Å². The zero-order valence-electron chi connectivity index (χ0n) is 65.3. The van der Waals surface area contributed by atoms with E-state index in [0.717, 1.165) is 142 Å². The van der Waals surface area contributed by atoms with E-state index in [2.05, 4.69) is 158 Å². The summed E-state index contributed by atoms with van der Waals surface area (Å²) in [6.45, 7) is 14.6. The minimum Gasteiger partial charge on any atom is -0.400 e. The van der Waals surface area contributed by atoms with Crippen LogP contribution in [0.3, 0.4) is 0 Å². The standard InChI is InChI=1S/C31H33N3O.C21H24N2O3.C21H26N2O.C12H17N.C8H7NO3.CH4O/c1-23-20-30(28-12-5-6-13-29(28)32-23)33-27-11-7-10-26(22-27)31(35)16-19-34-17-14-25(15-18-34)21-24-8-3-2-4-9-24;24-21(19-7-4-8-20(16-19)23(25)26)11-14-22-12-9-18(10-13-22)15-17-5-2-1-3-6-17;22-20-8-4-7-19(16-20)21(24)11-14-23-12-9-18(10-13-23)15-17-5-2-1-3-6-17;1-2-4-11(5-3-1)10-12-6-8-13-9-7-12;1-6(10)7-3-2-4-8(5-7)9(11)12;1-2/h2-13,20,22,25H,14-19,21H2,1H3,(H,32,33);1-8,16,18H,9-15H2;1-8,16,18H,9-15,22H2;1-5,12-13H,6-10H2;2-5H,1H3;2H,1H3. The molecule has 9 aromatic carbocycles. The zero-order valence-corrected chi connectivity index (χ0v) is 65.3. The number of ketones is 4. The third kappa shape index (κ3) is 29.2. The number of nitrogen functional groups attached to an aromatic ring is 1. The number of nitro benzene ring substituents is 2. The first kappa shape index (κ1) is 85.3. The van der Waals surface area contributed by atoms with Crippen LogP contribution in [0, 0.1) is 50.8 Å². The first-order chi connectivity index (χ1) is 54.5. The number of benzene rings is 9. The van der Waals surface area contributed by atoms with Gasteiger partial charge in [-0.15, -0.1) is 0 Å². The second kappa shape index (κ2) is 46.2. The molecule has 0 atom stereocenters. The minimum atomic E-state index is -0.521. The Kier molecular flexibility index (Phi) is 35.2. The van der Waals surface area contributed by atoms with Gasteiger partial charge in [-0.3, -0.25) is 44.4 Å². The van der Waals surface area contributed by atoms with Gasteiger partial charge in [-0.25, -0.2) is 0 Å². The van der Waals surface area contributed by atoms with Crippen molar-refractivity contribution in [2.75, 3.05) is 90.2 Å². The molecule has 14 rings (SSSR count). The maximum Gasteiger partial charge on any atom is 0.270 e. The molecule has 5 N–H and O–H groups in total. The number of anilines is 3. The van der Waals surface area contributed by atoms with E-state index in [9.17, 15) is 39.4 Å². The number of rotatable bonds is 25. The number of aromatic nitrogens is 1. The van der Waals surface area contributed by atoms with Crippen LogP contribution < -0.4 is 16.4 Å². The van der Waals surface area contributed by atoms with Crippen molar-refractivity contribution in [3.63, 3.8) is 0 Å². The predicted octanol–water partition coefficient (Wildman–Crippen LogP) is 18.4. The quantitative estimate of drug-likeness (QED) is 0.0180. The molecule has 4 saturated heterocycles. The van der Waals surface area contributed by atoms with Gasteiger partial charge in [-0.2, -0.15) is 0 Å². The van der Waals surface area contributed by atoms with Crippen LogP contribution in [-0.4, -0.2) is 137 Å². The van der Waals surface area contributed by atoms with Crippen molar-refractivity contribution < 1.29 is 34.1 Å². The monoisotopic (exact) mass is 1510 g/mol. The molecule has 1 aromatic heterocycles. The Morgan fingerprint density at radius 1 is 0.438 bits per heavy atom. The zero-order chi connectivity index (χ0) is 79.2. The molecule has 4 aliphatic heterocycles. The molecule has 0 amide bonds. The second-order valence-corrected chi connectivity index (χ2v) is 29.7. The number of pyridine rings is 1. The highest BCUT2D eigenvalue weighted by Gasteiger charge is 2.24. The number of nitrogens with one attached hydrogen (secondary N) is 2. The van der Waals surface area contributed by atoms with Crippen molar-refractivity contribution in [3.8, 4) is 0 Å². The highest BCUT2D eigenvalue weighted by molar-refractivity contribution is 5.99. The summed E-state index contributed by atoms with van der Waals surface area (Å²) in [4.78, 5) is 80.3. The number of carbonyl (C=O) groups is 4. The van der Waals surface area contributed by atoms with Crippen molar-refractivity contribution in [2.24, 2.45) is 23.7 Å². The molecule has 10 aromatic rings. The summed E-state index contributed by atoms with van der Waals surface area (Å²) in [6, 6.07) is 80.0. The maximum atomic E-state index is 13.0. The Labute approximate surface area is 661 Å². The molecule has 112 heavy (non-hydrogen) atoms. The van der Waals surface area contributed by atoms with E-state index >= 15 is 0 Å². The van der Waals surface area contributed by atoms with Gasteiger partial charge in [0.2, 0.25) is 0 Å². The SMILES string of the molecule is CC(=O)c1cccc([N+](=O)[O-])c1.CO.Cc1cc(Nc2cccc(C(=O)CCN3CCC(Cc4ccccc4)CC3)c2)c2ccccc2n1.Nc1cccc(C(=O)CCN2CCC(Cc3ccccc3)CC2)c1.O=C(CCN1CCC(Cc2ccccc2)CC1)c1cccc([N+](=O)[O-])c1.c1ccc(CC2CCNCC2)cc1. The highest BCUT2D eigenvalue weighted by atomic mass is 16.6. The lowest BCUT2D eigenvalue weighted by molar-refractivity contribution is -0.385. The predicted molar refractivity (Wildman–Crippen MR) is 452 cm³/mol. The largest absolute Gasteiger partial charge is 0.400 e. The summed E-state index contributed by atoms with van der Waals surface area (Å²) in [5.41, 5.74) is 18.2. The Morgan fingerprint density at radius 3 is 1.19 bits per heavy atom. The van der Waals surface area contributed by atoms with Gasteiger partial charge < -0.3 is 36.2 Å². The number of aliphatic hydroxyl groups is 1. The van der Waals surface area contributed by atoms with Crippen LogP contribution in [0.4, 0.5) is 28.4 Å². The smallest absolute Gasteiger partial charge is 0.270 e. The fourth-order valence-corrected chi connectivity index (χ4v) is 15.0. The van der Waals surface area contributed by atoms with Gasteiger partial charge in [0.25, 0.3) is 11.4 Å². The van der Waals surface area contributed by atoms with E-state index in [4.69, 9.17) is 10.8 Å². The van der Waals surface area contributed by atoms with Crippen LogP contribution in [-0.2, 0) is 25.7 Å². The molecule has 18 nitrogen and oxygen atoms in total. The van der Waals surface area contributed by atoms with Crippen molar-refractivity contribution in [2.45, 2.75) is 110 Å².